The molecule has 0 amide bonds. The molecule has 0 aliphatic carbocycles. The molecule has 2 aromatic carbocycles. The summed E-state index contributed by atoms with van der Waals surface area (Å²) >= 11 is 0. The summed E-state index contributed by atoms with van der Waals surface area (Å²) in [5.41, 5.74) is 5.82. The number of aromatic nitrogens is 5. The van der Waals surface area contributed by atoms with Gasteiger partial charge in [-0.1, -0.05) is 71.5 Å². The van der Waals surface area contributed by atoms with Crippen LogP contribution in [0.15, 0.2) is 66.9 Å². The zero-order valence-corrected chi connectivity index (χ0v) is 19.3. The standard InChI is InChI=1S/C22H17N5O.2C2H6.CH4/c1-2-27-18-8-5-13-23-20(18)19(26-27)14-9-11-15(12-10-14)21(28)22-24-16-6-3-4-7-17(16)25-22;2*1-2;/h3-13H,2H2,1H3,(H,24,25);2*1-2H3;1H4. The molecule has 0 aliphatic rings. The number of fused-ring (bicyclic) bond motifs is 2. The molecule has 6 heteroatoms. The maximum absolute atomic E-state index is 12.8. The average molecular weight is 444 g/mol. The van der Waals surface area contributed by atoms with Crippen molar-refractivity contribution in [1.82, 2.24) is 24.7 Å². The smallest absolute Gasteiger partial charge is 0.228 e. The van der Waals surface area contributed by atoms with Crippen molar-refractivity contribution in [2.45, 2.75) is 48.6 Å². The number of rotatable bonds is 4. The Hall–Kier alpha value is -3.80. The lowest BCUT2D eigenvalue weighted by molar-refractivity contribution is 0.103. The number of aryl methyl sites for hydroxylation is 1. The molecule has 0 saturated carbocycles. The molecule has 3 heterocycles. The largest absolute Gasteiger partial charge is 0.335 e. The van der Waals surface area contributed by atoms with Gasteiger partial charge in [0, 0.05) is 23.9 Å². The van der Waals surface area contributed by atoms with Crippen LogP contribution in [0.1, 0.15) is 58.2 Å². The van der Waals surface area contributed by atoms with E-state index in [0.29, 0.717) is 11.4 Å². The zero-order chi connectivity index (χ0) is 23.1. The number of ketones is 1. The van der Waals surface area contributed by atoms with Crippen molar-refractivity contribution >= 4 is 27.9 Å². The van der Waals surface area contributed by atoms with E-state index in [4.69, 9.17) is 5.10 Å². The predicted octanol–water partition coefficient (Wildman–Crippen LogP) is 6.91. The van der Waals surface area contributed by atoms with Crippen molar-refractivity contribution in [2.75, 3.05) is 0 Å². The third-order valence-corrected chi connectivity index (χ3v) is 4.83. The maximum atomic E-state index is 12.8. The second-order valence-electron chi connectivity index (χ2n) is 6.54. The third-order valence-electron chi connectivity index (χ3n) is 4.83. The maximum Gasteiger partial charge on any atom is 0.228 e. The van der Waals surface area contributed by atoms with Crippen LogP contribution in [0.2, 0.25) is 0 Å². The highest BCUT2D eigenvalue weighted by Crippen LogP contribution is 2.27. The van der Waals surface area contributed by atoms with Crippen molar-refractivity contribution in [3.8, 4) is 11.3 Å². The SMILES string of the molecule is C.CC.CC.CCn1nc(-c2ccc(C(=O)c3nc4ccccc4[nH]3)cc2)c2ncccc21. The Kier molecular flexibility index (Phi) is 9.04. The summed E-state index contributed by atoms with van der Waals surface area (Å²) in [5, 5.41) is 4.69. The van der Waals surface area contributed by atoms with Crippen molar-refractivity contribution in [1.29, 1.82) is 0 Å². The molecule has 0 fully saturated rings. The normalized spacial score (nSPS) is 9.97. The minimum absolute atomic E-state index is 0. The van der Waals surface area contributed by atoms with Gasteiger partial charge in [-0.05, 0) is 31.2 Å². The Morgan fingerprint density at radius 1 is 0.939 bits per heavy atom. The van der Waals surface area contributed by atoms with E-state index in [2.05, 4.69) is 21.9 Å². The first-order valence-corrected chi connectivity index (χ1v) is 11.2. The number of pyridine rings is 1. The molecule has 0 saturated heterocycles. The molecule has 3 aromatic heterocycles. The minimum Gasteiger partial charge on any atom is -0.335 e. The number of nitrogens with one attached hydrogen (secondary N) is 1. The van der Waals surface area contributed by atoms with Gasteiger partial charge in [0.25, 0.3) is 0 Å². The van der Waals surface area contributed by atoms with Gasteiger partial charge in [0.15, 0.2) is 5.82 Å². The Labute approximate surface area is 195 Å². The summed E-state index contributed by atoms with van der Waals surface area (Å²) in [4.78, 5) is 24.8. The van der Waals surface area contributed by atoms with Gasteiger partial charge in [-0.3, -0.25) is 14.5 Å². The van der Waals surface area contributed by atoms with E-state index < -0.39 is 0 Å². The molecule has 1 N–H and O–H groups in total. The van der Waals surface area contributed by atoms with Gasteiger partial charge >= 0.3 is 0 Å². The average Bonchev–Trinajstić information content (AvgIpc) is 3.48. The molecule has 0 atom stereocenters. The molecule has 172 valence electrons. The third kappa shape index (κ3) is 5.00. The van der Waals surface area contributed by atoms with E-state index in [1.165, 1.54) is 0 Å². The van der Waals surface area contributed by atoms with Crippen molar-refractivity contribution in [3.05, 3.63) is 78.2 Å². The summed E-state index contributed by atoms with van der Waals surface area (Å²) in [6.07, 6.45) is 1.77. The first kappa shape index (κ1) is 25.5. The lowest BCUT2D eigenvalue weighted by Crippen LogP contribution is -2.03. The topological polar surface area (TPSA) is 76.5 Å². The molecule has 33 heavy (non-hydrogen) atoms. The van der Waals surface area contributed by atoms with Crippen LogP contribution in [0.25, 0.3) is 33.3 Å². The van der Waals surface area contributed by atoms with Crippen molar-refractivity contribution < 1.29 is 4.79 Å². The second-order valence-corrected chi connectivity index (χ2v) is 6.54. The Morgan fingerprint density at radius 3 is 2.30 bits per heavy atom. The summed E-state index contributed by atoms with van der Waals surface area (Å²) in [6.45, 7) is 10.8. The van der Waals surface area contributed by atoms with E-state index in [1.807, 2.05) is 93.0 Å². The van der Waals surface area contributed by atoms with Crippen LogP contribution >= 0.6 is 0 Å². The number of nitrogens with zero attached hydrogens (tertiary/aromatic N) is 4. The van der Waals surface area contributed by atoms with E-state index in [1.54, 1.807) is 6.20 Å². The first-order valence-electron chi connectivity index (χ1n) is 11.2. The monoisotopic (exact) mass is 443 g/mol. The van der Waals surface area contributed by atoms with Gasteiger partial charge in [-0.2, -0.15) is 5.10 Å². The number of hydrogen-bond acceptors (Lipinski definition) is 4. The molecule has 0 unspecified atom stereocenters. The lowest BCUT2D eigenvalue weighted by atomic mass is 10.1. The number of carbonyl (C=O) groups is 1. The number of carbonyl (C=O) groups excluding carboxylic acids is 1. The summed E-state index contributed by atoms with van der Waals surface area (Å²) in [6, 6.07) is 19.0. The fourth-order valence-corrected chi connectivity index (χ4v) is 3.42. The number of H-pyrrole nitrogens is 1. The summed E-state index contributed by atoms with van der Waals surface area (Å²) < 4.78 is 1.94. The number of aromatic amines is 1. The van der Waals surface area contributed by atoms with Crippen LogP contribution in [0.5, 0.6) is 0 Å². The van der Waals surface area contributed by atoms with Gasteiger partial charge < -0.3 is 4.98 Å². The van der Waals surface area contributed by atoms with E-state index in [-0.39, 0.29) is 13.2 Å². The number of para-hydroxylation sites is 2. The minimum atomic E-state index is -0.134. The Balaban J connectivity index is 0.000000733. The lowest BCUT2D eigenvalue weighted by Gasteiger charge is -2.01. The second kappa shape index (κ2) is 11.7. The summed E-state index contributed by atoms with van der Waals surface area (Å²) in [5.74, 6) is 0.209. The van der Waals surface area contributed by atoms with Crippen molar-refractivity contribution in [3.63, 3.8) is 0 Å². The van der Waals surface area contributed by atoms with Crippen molar-refractivity contribution in [2.24, 2.45) is 0 Å². The highest BCUT2D eigenvalue weighted by molar-refractivity contribution is 6.08. The van der Waals surface area contributed by atoms with E-state index in [9.17, 15) is 4.79 Å². The van der Waals surface area contributed by atoms with Crippen LogP contribution < -0.4 is 0 Å². The van der Waals surface area contributed by atoms with Gasteiger partial charge in [-0.25, -0.2) is 4.98 Å². The number of benzene rings is 2. The molecule has 0 bridgehead atoms. The predicted molar refractivity (Wildman–Crippen MR) is 138 cm³/mol. The Bertz CT molecular complexity index is 1280. The summed E-state index contributed by atoms with van der Waals surface area (Å²) in [7, 11) is 0. The number of hydrogen-bond donors (Lipinski definition) is 1. The molecule has 0 radical (unpaired) electrons. The quantitative estimate of drug-likeness (QED) is 0.306. The van der Waals surface area contributed by atoms with E-state index in [0.717, 1.165) is 39.9 Å². The van der Waals surface area contributed by atoms with Gasteiger partial charge in [0.1, 0.15) is 11.2 Å². The molecular formula is C27H33N5O. The molecule has 5 aromatic rings. The first-order chi connectivity index (χ1) is 15.7. The van der Waals surface area contributed by atoms with Gasteiger partial charge in [0.2, 0.25) is 5.78 Å². The Morgan fingerprint density at radius 2 is 1.64 bits per heavy atom. The highest BCUT2D eigenvalue weighted by Gasteiger charge is 2.16. The highest BCUT2D eigenvalue weighted by atomic mass is 16.1. The molecule has 6 nitrogen and oxygen atoms in total. The van der Waals surface area contributed by atoms with Crippen LogP contribution in [0.4, 0.5) is 0 Å². The van der Waals surface area contributed by atoms with Crippen LogP contribution in [-0.4, -0.2) is 30.5 Å². The van der Waals surface area contributed by atoms with Crippen LogP contribution in [0, 0.1) is 0 Å². The van der Waals surface area contributed by atoms with Crippen LogP contribution in [-0.2, 0) is 6.54 Å². The zero-order valence-electron chi connectivity index (χ0n) is 19.3. The fraction of sp³-hybridized carbons (Fsp3) is 0.259. The molecule has 0 aliphatic heterocycles. The number of imidazole rings is 1. The molecular weight excluding hydrogens is 410 g/mol. The fourth-order valence-electron chi connectivity index (χ4n) is 3.42. The van der Waals surface area contributed by atoms with E-state index >= 15 is 0 Å². The van der Waals surface area contributed by atoms with Gasteiger partial charge in [0.05, 0.1) is 16.6 Å². The molecule has 5 rings (SSSR count). The van der Waals surface area contributed by atoms with Crippen LogP contribution in [0.3, 0.4) is 0 Å². The van der Waals surface area contributed by atoms with Gasteiger partial charge in [-0.15, -0.1) is 0 Å². The molecule has 0 spiro atoms.